The molecule has 0 radical (unpaired) electrons. The standard InChI is InChI=1S/C16H17N3O.C6H6/c1-11-4-2-5-12(8-11)9-13(17)10-15(20)14-6-3-7-19-16(14)18;1-2-4-6-5-3-1/h2-8,10H,9,17H2,1H3,(H2,18,19);1-6H/b13-10-;. The fourth-order valence-electron chi connectivity index (χ4n) is 2.37. The number of aryl methyl sites for hydroxylation is 1. The molecule has 1 heterocycles. The smallest absolute Gasteiger partial charge is 0.191 e. The fourth-order valence-corrected chi connectivity index (χ4v) is 2.37. The summed E-state index contributed by atoms with van der Waals surface area (Å²) in [5, 5.41) is 0. The summed E-state index contributed by atoms with van der Waals surface area (Å²) in [4.78, 5) is 15.9. The van der Waals surface area contributed by atoms with Gasteiger partial charge in [0.2, 0.25) is 0 Å². The minimum Gasteiger partial charge on any atom is -0.402 e. The van der Waals surface area contributed by atoms with E-state index in [-0.39, 0.29) is 11.6 Å². The fraction of sp³-hybridized carbons (Fsp3) is 0.0909. The lowest BCUT2D eigenvalue weighted by Crippen LogP contribution is -2.08. The maximum Gasteiger partial charge on any atom is 0.191 e. The molecule has 1 aromatic heterocycles. The average molecular weight is 345 g/mol. The molecular weight excluding hydrogens is 322 g/mol. The van der Waals surface area contributed by atoms with Crippen molar-refractivity contribution in [2.75, 3.05) is 5.73 Å². The highest BCUT2D eigenvalue weighted by Gasteiger charge is 2.08. The van der Waals surface area contributed by atoms with Crippen molar-refractivity contribution in [1.29, 1.82) is 0 Å². The Kier molecular flexibility index (Phi) is 7.13. The molecule has 2 aromatic carbocycles. The van der Waals surface area contributed by atoms with E-state index in [1.807, 2.05) is 67.6 Å². The second kappa shape index (κ2) is 9.79. The van der Waals surface area contributed by atoms with Gasteiger partial charge in [0.1, 0.15) is 5.82 Å². The van der Waals surface area contributed by atoms with Gasteiger partial charge in [-0.15, -0.1) is 0 Å². The number of nitrogen functional groups attached to an aromatic ring is 1. The molecule has 26 heavy (non-hydrogen) atoms. The van der Waals surface area contributed by atoms with Gasteiger partial charge < -0.3 is 11.5 Å². The third kappa shape index (κ3) is 6.24. The highest BCUT2D eigenvalue weighted by Crippen LogP contribution is 2.11. The predicted molar refractivity (Wildman–Crippen MR) is 107 cm³/mol. The zero-order valence-electron chi connectivity index (χ0n) is 14.8. The number of nitrogens with zero attached hydrogens (tertiary/aromatic N) is 1. The molecule has 0 aliphatic carbocycles. The molecule has 3 aromatic rings. The van der Waals surface area contributed by atoms with Crippen LogP contribution in [0.15, 0.2) is 90.8 Å². The van der Waals surface area contributed by atoms with Gasteiger partial charge >= 0.3 is 0 Å². The molecule has 4 nitrogen and oxygen atoms in total. The number of hydrogen-bond donors (Lipinski definition) is 2. The number of allylic oxidation sites excluding steroid dienone is 2. The summed E-state index contributed by atoms with van der Waals surface area (Å²) in [6.45, 7) is 2.02. The van der Waals surface area contributed by atoms with Crippen LogP contribution >= 0.6 is 0 Å². The summed E-state index contributed by atoms with van der Waals surface area (Å²) in [6, 6.07) is 23.3. The molecule has 0 aliphatic heterocycles. The Labute approximate surface area is 154 Å². The predicted octanol–water partition coefficient (Wildman–Crippen LogP) is 3.93. The molecule has 0 saturated carbocycles. The van der Waals surface area contributed by atoms with Crippen LogP contribution < -0.4 is 11.5 Å². The number of ketones is 1. The maximum atomic E-state index is 12.1. The van der Waals surface area contributed by atoms with E-state index in [1.165, 1.54) is 6.08 Å². The van der Waals surface area contributed by atoms with E-state index in [2.05, 4.69) is 4.98 Å². The van der Waals surface area contributed by atoms with Gasteiger partial charge in [-0.25, -0.2) is 4.98 Å². The maximum absolute atomic E-state index is 12.1. The van der Waals surface area contributed by atoms with Gasteiger partial charge in [-0.3, -0.25) is 4.79 Å². The van der Waals surface area contributed by atoms with E-state index in [9.17, 15) is 4.79 Å². The van der Waals surface area contributed by atoms with Gasteiger partial charge in [0.05, 0.1) is 5.56 Å². The van der Waals surface area contributed by atoms with Crippen molar-refractivity contribution in [1.82, 2.24) is 4.98 Å². The highest BCUT2D eigenvalue weighted by atomic mass is 16.1. The Balaban J connectivity index is 0.000000342. The second-order valence-corrected chi connectivity index (χ2v) is 5.84. The third-order valence-corrected chi connectivity index (χ3v) is 3.58. The van der Waals surface area contributed by atoms with Crippen LogP contribution in [-0.4, -0.2) is 10.8 Å². The Morgan fingerprint density at radius 2 is 1.65 bits per heavy atom. The Hall–Kier alpha value is -3.40. The number of carbonyl (C=O) groups is 1. The van der Waals surface area contributed by atoms with Crippen LogP contribution in [0.4, 0.5) is 5.82 Å². The lowest BCUT2D eigenvalue weighted by atomic mass is 10.1. The summed E-state index contributed by atoms with van der Waals surface area (Å²) in [7, 11) is 0. The van der Waals surface area contributed by atoms with Gasteiger partial charge in [0.25, 0.3) is 0 Å². The summed E-state index contributed by atoms with van der Waals surface area (Å²) in [5.41, 5.74) is 14.7. The number of rotatable bonds is 4. The van der Waals surface area contributed by atoms with Crippen molar-refractivity contribution in [3.63, 3.8) is 0 Å². The normalized spacial score (nSPS) is 10.6. The van der Waals surface area contributed by atoms with Crippen LogP contribution in [0.2, 0.25) is 0 Å². The number of aromatic nitrogens is 1. The van der Waals surface area contributed by atoms with Gasteiger partial charge in [0, 0.05) is 24.4 Å². The summed E-state index contributed by atoms with van der Waals surface area (Å²) < 4.78 is 0. The van der Waals surface area contributed by atoms with E-state index in [0.29, 0.717) is 17.7 Å². The van der Waals surface area contributed by atoms with E-state index < -0.39 is 0 Å². The van der Waals surface area contributed by atoms with Crippen molar-refractivity contribution < 1.29 is 4.79 Å². The van der Waals surface area contributed by atoms with Gasteiger partial charge in [-0.1, -0.05) is 66.2 Å². The van der Waals surface area contributed by atoms with Crippen LogP contribution in [0, 0.1) is 6.92 Å². The topological polar surface area (TPSA) is 82.0 Å². The average Bonchev–Trinajstić information content (AvgIpc) is 2.64. The number of hydrogen-bond acceptors (Lipinski definition) is 4. The third-order valence-electron chi connectivity index (χ3n) is 3.58. The largest absolute Gasteiger partial charge is 0.402 e. The molecule has 0 saturated heterocycles. The number of benzene rings is 2. The van der Waals surface area contributed by atoms with Crippen molar-refractivity contribution in [3.05, 3.63) is 107 Å². The first-order chi connectivity index (χ1) is 12.6. The van der Waals surface area contributed by atoms with Gasteiger partial charge in [-0.2, -0.15) is 0 Å². The van der Waals surface area contributed by atoms with E-state index in [0.717, 1.165) is 11.1 Å². The van der Waals surface area contributed by atoms with Crippen molar-refractivity contribution in [2.24, 2.45) is 5.73 Å². The lowest BCUT2D eigenvalue weighted by Gasteiger charge is -2.04. The number of nitrogens with two attached hydrogens (primary N) is 2. The number of pyridine rings is 1. The molecule has 0 unspecified atom stereocenters. The van der Waals surface area contributed by atoms with E-state index >= 15 is 0 Å². The minimum absolute atomic E-state index is 0.220. The summed E-state index contributed by atoms with van der Waals surface area (Å²) >= 11 is 0. The Morgan fingerprint density at radius 1 is 1.00 bits per heavy atom. The van der Waals surface area contributed by atoms with E-state index in [4.69, 9.17) is 11.5 Å². The Bertz CT molecular complexity index is 847. The molecule has 0 bridgehead atoms. The summed E-state index contributed by atoms with van der Waals surface area (Å²) in [6.07, 6.45) is 3.50. The Morgan fingerprint density at radius 3 is 2.23 bits per heavy atom. The number of carbonyl (C=O) groups excluding carboxylic acids is 1. The molecule has 0 atom stereocenters. The SMILES string of the molecule is Cc1cccc(C/C(N)=C/C(=O)c2cccnc2N)c1.c1ccccc1. The first-order valence-electron chi connectivity index (χ1n) is 8.32. The van der Waals surface area contributed by atoms with Crippen LogP contribution in [0.25, 0.3) is 0 Å². The quantitative estimate of drug-likeness (QED) is 0.554. The molecule has 0 spiro atoms. The molecule has 4 heteroatoms. The molecule has 132 valence electrons. The second-order valence-electron chi connectivity index (χ2n) is 5.84. The lowest BCUT2D eigenvalue weighted by molar-refractivity contribution is 0.104. The first-order valence-corrected chi connectivity index (χ1v) is 8.32. The van der Waals surface area contributed by atoms with Crippen molar-refractivity contribution in [2.45, 2.75) is 13.3 Å². The van der Waals surface area contributed by atoms with Gasteiger partial charge in [-0.05, 0) is 24.6 Å². The van der Waals surface area contributed by atoms with Crippen molar-refractivity contribution in [3.8, 4) is 0 Å². The molecular formula is C22H23N3O. The highest BCUT2D eigenvalue weighted by molar-refractivity contribution is 6.07. The zero-order chi connectivity index (χ0) is 18.8. The summed E-state index contributed by atoms with van der Waals surface area (Å²) in [5.74, 6) is -0.00198. The van der Waals surface area contributed by atoms with Crippen LogP contribution in [0.5, 0.6) is 0 Å². The zero-order valence-corrected chi connectivity index (χ0v) is 14.8. The van der Waals surface area contributed by atoms with E-state index in [1.54, 1.807) is 18.3 Å². The molecule has 4 N–H and O–H groups in total. The molecule has 0 fully saturated rings. The van der Waals surface area contributed by atoms with Crippen LogP contribution in [0.3, 0.4) is 0 Å². The monoisotopic (exact) mass is 345 g/mol. The molecule has 0 aliphatic rings. The minimum atomic E-state index is -0.222. The number of anilines is 1. The van der Waals surface area contributed by atoms with Crippen LogP contribution in [0.1, 0.15) is 21.5 Å². The first kappa shape index (κ1) is 18.9. The molecule has 3 rings (SSSR count). The molecule has 0 amide bonds. The van der Waals surface area contributed by atoms with Crippen LogP contribution in [-0.2, 0) is 6.42 Å². The van der Waals surface area contributed by atoms with Gasteiger partial charge in [0.15, 0.2) is 5.78 Å². The van der Waals surface area contributed by atoms with Crippen molar-refractivity contribution >= 4 is 11.6 Å².